The zero-order valence-electron chi connectivity index (χ0n) is 8.35. The Morgan fingerprint density at radius 2 is 1.67 bits per heavy atom. The fourth-order valence-corrected chi connectivity index (χ4v) is 0.580. The maximum Gasteiger partial charge on any atom is 0 e. The van der Waals surface area contributed by atoms with Crippen molar-refractivity contribution in [1.82, 2.24) is 0 Å². The van der Waals surface area contributed by atoms with Crippen molar-refractivity contribution in [2.24, 2.45) is 0 Å². The van der Waals surface area contributed by atoms with Crippen LogP contribution in [0.1, 0.15) is 31.4 Å². The van der Waals surface area contributed by atoms with E-state index in [-0.39, 0.29) is 21.1 Å². The normalized spacial score (nSPS) is 7.67. The summed E-state index contributed by atoms with van der Waals surface area (Å²) in [5.74, 6) is 0. The zero-order chi connectivity index (χ0) is 8.69. The molecule has 1 aromatic rings. The molecule has 0 heterocycles. The largest absolute Gasteiger partial charge is 0.180 e. The fraction of sp³-hybridized carbons (Fsp3) is 0.455. The summed E-state index contributed by atoms with van der Waals surface area (Å²) in [6.07, 6.45) is 1.25. The van der Waals surface area contributed by atoms with Gasteiger partial charge in [-0.15, -0.1) is 0 Å². The standard InChI is InChI=1S/C8H9.C3H8.W/c1-7-3-5-8(2)6-4-7;1-3-2;/h3-5H,1-2H3;3H2,1-2H3;/q-1;;. The molecule has 0 aliphatic heterocycles. The van der Waals surface area contributed by atoms with Gasteiger partial charge >= 0.3 is 0 Å². The number of rotatable bonds is 0. The Bertz CT molecular complexity index is 156. The number of hydrogen-bond acceptors (Lipinski definition) is 0. The van der Waals surface area contributed by atoms with Crippen molar-refractivity contribution in [2.75, 3.05) is 0 Å². The van der Waals surface area contributed by atoms with Gasteiger partial charge in [-0.1, -0.05) is 34.1 Å². The third-order valence-corrected chi connectivity index (χ3v) is 1.12. The molecule has 0 N–H and O–H groups in total. The van der Waals surface area contributed by atoms with E-state index in [4.69, 9.17) is 0 Å². The van der Waals surface area contributed by atoms with Gasteiger partial charge in [-0.05, 0) is 0 Å². The Morgan fingerprint density at radius 1 is 1.17 bits per heavy atom. The predicted octanol–water partition coefficient (Wildman–Crippen LogP) is 3.52. The molecule has 0 fully saturated rings. The number of aryl methyl sites for hydroxylation is 2. The quantitative estimate of drug-likeness (QED) is 0.638. The van der Waals surface area contributed by atoms with E-state index in [1.54, 1.807) is 0 Å². The van der Waals surface area contributed by atoms with Crippen LogP contribution in [0.2, 0.25) is 0 Å². The first-order valence-electron chi connectivity index (χ1n) is 4.15. The van der Waals surface area contributed by atoms with E-state index in [0.717, 1.165) is 0 Å². The van der Waals surface area contributed by atoms with Crippen LogP contribution in [0.15, 0.2) is 18.2 Å². The molecule has 0 unspecified atom stereocenters. The summed E-state index contributed by atoms with van der Waals surface area (Å²) >= 11 is 0. The first-order valence-corrected chi connectivity index (χ1v) is 4.15. The summed E-state index contributed by atoms with van der Waals surface area (Å²) in [7, 11) is 0. The Labute approximate surface area is 90.7 Å². The van der Waals surface area contributed by atoms with Crippen LogP contribution in [0.25, 0.3) is 0 Å². The van der Waals surface area contributed by atoms with Gasteiger partial charge in [0.05, 0.1) is 0 Å². The third kappa shape index (κ3) is 8.01. The van der Waals surface area contributed by atoms with Gasteiger partial charge in [0.2, 0.25) is 0 Å². The molecule has 12 heavy (non-hydrogen) atoms. The van der Waals surface area contributed by atoms with E-state index in [2.05, 4.69) is 39.0 Å². The fourth-order valence-electron chi connectivity index (χ4n) is 0.580. The van der Waals surface area contributed by atoms with Crippen molar-refractivity contribution in [2.45, 2.75) is 34.1 Å². The van der Waals surface area contributed by atoms with Crippen LogP contribution < -0.4 is 0 Å². The second-order valence-corrected chi connectivity index (χ2v) is 2.76. The van der Waals surface area contributed by atoms with Crippen LogP contribution in [-0.4, -0.2) is 0 Å². The average Bonchev–Trinajstić information content (AvgIpc) is 1.97. The monoisotopic (exact) mass is 333 g/mol. The van der Waals surface area contributed by atoms with Crippen molar-refractivity contribution in [3.8, 4) is 0 Å². The number of benzene rings is 1. The molecule has 0 atom stereocenters. The van der Waals surface area contributed by atoms with E-state index < -0.39 is 0 Å². The van der Waals surface area contributed by atoms with Gasteiger partial charge in [-0.25, -0.2) is 0 Å². The van der Waals surface area contributed by atoms with Crippen LogP contribution >= 0.6 is 0 Å². The van der Waals surface area contributed by atoms with Gasteiger partial charge in [0.25, 0.3) is 0 Å². The Balaban J connectivity index is 0. The molecule has 0 nitrogen and oxygen atoms in total. The summed E-state index contributed by atoms with van der Waals surface area (Å²) in [5, 5.41) is 0. The van der Waals surface area contributed by atoms with Gasteiger partial charge in [0.15, 0.2) is 0 Å². The van der Waals surface area contributed by atoms with E-state index in [1.807, 2.05) is 13.0 Å². The smallest absolute Gasteiger partial charge is 0 e. The Kier molecular flexibility index (Phi) is 10.8. The minimum absolute atomic E-state index is 0. The predicted molar refractivity (Wildman–Crippen MR) is 50.7 cm³/mol. The molecule has 0 radical (unpaired) electrons. The van der Waals surface area contributed by atoms with Gasteiger partial charge < -0.3 is 0 Å². The summed E-state index contributed by atoms with van der Waals surface area (Å²) < 4.78 is 0. The summed E-state index contributed by atoms with van der Waals surface area (Å²) in [6.45, 7) is 8.36. The van der Waals surface area contributed by atoms with Crippen molar-refractivity contribution in [3.05, 3.63) is 35.4 Å². The van der Waals surface area contributed by atoms with E-state index in [9.17, 15) is 0 Å². The molecule has 0 saturated carbocycles. The second kappa shape index (κ2) is 9.00. The third-order valence-electron chi connectivity index (χ3n) is 1.12. The van der Waals surface area contributed by atoms with Crippen molar-refractivity contribution >= 4 is 0 Å². The molecular weight excluding hydrogens is 316 g/mol. The molecule has 1 heteroatoms. The molecule has 0 amide bonds. The summed E-state index contributed by atoms with van der Waals surface area (Å²) in [6, 6.07) is 9.25. The van der Waals surface area contributed by atoms with Gasteiger partial charge in [-0.2, -0.15) is 35.4 Å². The first-order chi connectivity index (χ1) is 5.20. The number of hydrogen-bond donors (Lipinski definition) is 0. The first kappa shape index (κ1) is 14.4. The van der Waals surface area contributed by atoms with Crippen LogP contribution in [0.5, 0.6) is 0 Å². The molecule has 1 aromatic carbocycles. The Morgan fingerprint density at radius 3 is 1.92 bits per heavy atom. The minimum Gasteiger partial charge on any atom is -0.180 e. The molecule has 0 saturated heterocycles. The van der Waals surface area contributed by atoms with Crippen LogP contribution in [0.4, 0.5) is 0 Å². The molecule has 0 aliphatic rings. The van der Waals surface area contributed by atoms with Gasteiger partial charge in [0.1, 0.15) is 0 Å². The van der Waals surface area contributed by atoms with Crippen LogP contribution in [-0.2, 0) is 21.1 Å². The molecule has 0 aliphatic carbocycles. The van der Waals surface area contributed by atoms with E-state index in [1.165, 1.54) is 17.5 Å². The van der Waals surface area contributed by atoms with Gasteiger partial charge in [0, 0.05) is 21.1 Å². The zero-order valence-corrected chi connectivity index (χ0v) is 11.3. The molecule has 0 bridgehead atoms. The van der Waals surface area contributed by atoms with Crippen LogP contribution in [0, 0.1) is 19.9 Å². The minimum atomic E-state index is 0. The topological polar surface area (TPSA) is 0 Å². The summed E-state index contributed by atoms with van der Waals surface area (Å²) in [5.41, 5.74) is 2.48. The molecule has 1 rings (SSSR count). The maximum absolute atomic E-state index is 3.10. The average molecular weight is 333 g/mol. The summed E-state index contributed by atoms with van der Waals surface area (Å²) in [4.78, 5) is 0. The van der Waals surface area contributed by atoms with E-state index in [0.29, 0.717) is 0 Å². The maximum atomic E-state index is 3.10. The van der Waals surface area contributed by atoms with Crippen molar-refractivity contribution < 1.29 is 21.1 Å². The van der Waals surface area contributed by atoms with Crippen LogP contribution in [0.3, 0.4) is 0 Å². The van der Waals surface area contributed by atoms with E-state index >= 15 is 0 Å². The Hall–Kier alpha value is -0.0917. The van der Waals surface area contributed by atoms with Crippen molar-refractivity contribution in [1.29, 1.82) is 0 Å². The molecular formula is C11H17W-. The second-order valence-electron chi connectivity index (χ2n) is 2.76. The molecule has 0 aromatic heterocycles. The molecule has 0 spiro atoms. The molecule has 68 valence electrons. The SMILES string of the molecule is CCC.Cc1[c-]cc(C)cc1.[W]. The van der Waals surface area contributed by atoms with Gasteiger partial charge in [-0.3, -0.25) is 0 Å². The van der Waals surface area contributed by atoms with Crippen molar-refractivity contribution in [3.63, 3.8) is 0 Å².